The first-order chi connectivity index (χ1) is 22.2. The van der Waals surface area contributed by atoms with Crippen molar-refractivity contribution in [2.45, 2.75) is 46.1 Å². The minimum Gasteiger partial charge on any atom is -0.497 e. The van der Waals surface area contributed by atoms with Gasteiger partial charge in [-0.25, -0.2) is 9.59 Å². The summed E-state index contributed by atoms with van der Waals surface area (Å²) < 4.78 is 68.0. The number of ether oxygens (including phenoxy) is 5. The molecule has 0 aromatic heterocycles. The molecule has 47 heavy (non-hydrogen) atoms. The van der Waals surface area contributed by atoms with Crippen LogP contribution in [0, 0.1) is 5.41 Å². The van der Waals surface area contributed by atoms with Crippen molar-refractivity contribution in [1.82, 2.24) is 0 Å². The number of alkyl halides is 3. The molecule has 1 N–H and O–H groups in total. The fraction of sp³-hybridized carbons (Fsp3) is 0.278. The zero-order valence-corrected chi connectivity index (χ0v) is 26.4. The monoisotopic (exact) mass is 650 g/mol. The molecular formula is C36H33F3O8. The molecule has 4 aromatic carbocycles. The lowest BCUT2D eigenvalue weighted by molar-refractivity contribution is -0.137. The summed E-state index contributed by atoms with van der Waals surface area (Å²) in [6, 6.07) is 17.0. The van der Waals surface area contributed by atoms with Crippen LogP contribution in [0.2, 0.25) is 0 Å². The molecule has 1 heterocycles. The molecule has 1 aliphatic rings. The molecule has 0 radical (unpaired) electrons. The van der Waals surface area contributed by atoms with E-state index in [1.54, 1.807) is 42.5 Å². The molecular weight excluding hydrogens is 617 g/mol. The summed E-state index contributed by atoms with van der Waals surface area (Å²) >= 11 is 0. The highest BCUT2D eigenvalue weighted by Crippen LogP contribution is 2.46. The van der Waals surface area contributed by atoms with Gasteiger partial charge in [-0.15, -0.1) is 0 Å². The standard InChI is InChI=1S/C36H33F3O8/c1-35(2,3)18-27(40)26-14-15-28-30(32(26)44-5)34(42)45-19-23-16-22(20-8-12-25(43-4)13-9-20)17-29(31(23)46-28)47-33(41)21-6-10-24(11-7-21)36(37,38)39/h6-17,27,40H,18-19H2,1-5H3/t27-/m0/s1. The van der Waals surface area contributed by atoms with Gasteiger partial charge in [0.15, 0.2) is 11.5 Å². The lowest BCUT2D eigenvalue weighted by Crippen LogP contribution is -2.17. The summed E-state index contributed by atoms with van der Waals surface area (Å²) in [4.78, 5) is 26.7. The number of benzene rings is 4. The van der Waals surface area contributed by atoms with E-state index in [1.165, 1.54) is 20.3 Å². The zero-order chi connectivity index (χ0) is 34.1. The molecule has 0 amide bonds. The van der Waals surface area contributed by atoms with Crippen molar-refractivity contribution in [3.8, 4) is 39.9 Å². The minimum absolute atomic E-state index is 0.0172. The van der Waals surface area contributed by atoms with Crippen molar-refractivity contribution in [3.05, 3.63) is 101 Å². The average Bonchev–Trinajstić information content (AvgIpc) is 3.02. The number of fused-ring (bicyclic) bond motifs is 2. The number of cyclic esters (lactones) is 1. The Hall–Kier alpha value is -5.03. The van der Waals surface area contributed by atoms with Gasteiger partial charge in [0.1, 0.15) is 29.4 Å². The van der Waals surface area contributed by atoms with Crippen molar-refractivity contribution >= 4 is 11.9 Å². The first kappa shape index (κ1) is 33.3. The van der Waals surface area contributed by atoms with E-state index in [4.69, 9.17) is 23.7 Å². The van der Waals surface area contributed by atoms with Gasteiger partial charge in [-0.05, 0) is 83.6 Å². The number of esters is 2. The van der Waals surface area contributed by atoms with E-state index in [9.17, 15) is 27.9 Å². The van der Waals surface area contributed by atoms with Gasteiger partial charge in [-0.3, -0.25) is 0 Å². The highest BCUT2D eigenvalue weighted by molar-refractivity contribution is 5.97. The molecule has 0 saturated heterocycles. The van der Waals surface area contributed by atoms with Gasteiger partial charge in [0, 0.05) is 11.1 Å². The van der Waals surface area contributed by atoms with E-state index in [2.05, 4.69) is 0 Å². The lowest BCUT2D eigenvalue weighted by Gasteiger charge is -2.26. The summed E-state index contributed by atoms with van der Waals surface area (Å²) in [7, 11) is 2.90. The molecule has 246 valence electrons. The molecule has 1 aliphatic heterocycles. The maximum atomic E-state index is 13.4. The second-order valence-electron chi connectivity index (χ2n) is 12.2. The van der Waals surface area contributed by atoms with Crippen molar-refractivity contribution in [2.24, 2.45) is 5.41 Å². The number of hydrogen-bond acceptors (Lipinski definition) is 8. The Balaban J connectivity index is 1.61. The third-order valence-corrected chi connectivity index (χ3v) is 7.50. The van der Waals surface area contributed by atoms with E-state index in [0.29, 0.717) is 34.4 Å². The van der Waals surface area contributed by atoms with Crippen LogP contribution in [0.1, 0.15) is 70.7 Å². The maximum absolute atomic E-state index is 13.4. The van der Waals surface area contributed by atoms with Crippen LogP contribution in [0.3, 0.4) is 0 Å². The third-order valence-electron chi connectivity index (χ3n) is 7.50. The smallest absolute Gasteiger partial charge is 0.416 e. The van der Waals surface area contributed by atoms with Crippen molar-refractivity contribution in [2.75, 3.05) is 14.2 Å². The average molecular weight is 651 g/mol. The Kier molecular flexibility index (Phi) is 9.22. The van der Waals surface area contributed by atoms with Crippen LogP contribution in [-0.4, -0.2) is 31.3 Å². The Morgan fingerprint density at radius 3 is 2.19 bits per heavy atom. The normalized spacial score (nSPS) is 13.6. The maximum Gasteiger partial charge on any atom is 0.416 e. The first-order valence-electron chi connectivity index (χ1n) is 14.6. The molecule has 0 bridgehead atoms. The molecule has 0 fully saturated rings. The van der Waals surface area contributed by atoms with E-state index < -0.39 is 29.8 Å². The molecule has 0 spiro atoms. The SMILES string of the molecule is COc1ccc(-c2cc3c(c(OC(=O)c4ccc(C(F)(F)F)cc4)c2)Oc2ccc([C@@H](O)CC(C)(C)C)c(OC)c2C(=O)OC3)cc1. The summed E-state index contributed by atoms with van der Waals surface area (Å²) in [5.41, 5.74) is 0.644. The second-order valence-corrected chi connectivity index (χ2v) is 12.2. The highest BCUT2D eigenvalue weighted by atomic mass is 19.4. The summed E-state index contributed by atoms with van der Waals surface area (Å²) in [5.74, 6) is -1.02. The van der Waals surface area contributed by atoms with Crippen molar-refractivity contribution < 1.29 is 51.6 Å². The molecule has 0 unspecified atom stereocenters. The number of carbonyl (C=O) groups is 2. The van der Waals surface area contributed by atoms with E-state index in [1.807, 2.05) is 20.8 Å². The van der Waals surface area contributed by atoms with Gasteiger partial charge in [0.2, 0.25) is 0 Å². The number of aliphatic hydroxyl groups is 1. The molecule has 11 heteroatoms. The van der Waals surface area contributed by atoms with Gasteiger partial charge < -0.3 is 28.8 Å². The molecule has 1 atom stereocenters. The van der Waals surface area contributed by atoms with Gasteiger partial charge in [0.25, 0.3) is 0 Å². The number of carbonyl (C=O) groups excluding carboxylic acids is 2. The third kappa shape index (κ3) is 7.36. The van der Waals surface area contributed by atoms with Gasteiger partial charge in [-0.1, -0.05) is 32.9 Å². The van der Waals surface area contributed by atoms with Crippen LogP contribution in [0.25, 0.3) is 11.1 Å². The molecule has 0 saturated carbocycles. The Morgan fingerprint density at radius 2 is 1.60 bits per heavy atom. The van der Waals surface area contributed by atoms with Gasteiger partial charge in [0.05, 0.1) is 31.5 Å². The fourth-order valence-corrected chi connectivity index (χ4v) is 5.22. The number of halogens is 3. The summed E-state index contributed by atoms with van der Waals surface area (Å²) in [6.07, 6.45) is -5.17. The van der Waals surface area contributed by atoms with Crippen molar-refractivity contribution in [1.29, 1.82) is 0 Å². The summed E-state index contributed by atoms with van der Waals surface area (Å²) in [6.45, 7) is 5.62. The van der Waals surface area contributed by atoms with Crippen LogP contribution < -0.4 is 18.9 Å². The highest BCUT2D eigenvalue weighted by Gasteiger charge is 2.33. The quantitative estimate of drug-likeness (QED) is 0.157. The Bertz CT molecular complexity index is 1790. The van der Waals surface area contributed by atoms with Crippen LogP contribution >= 0.6 is 0 Å². The Labute approximate surface area is 269 Å². The van der Waals surface area contributed by atoms with Crippen LogP contribution in [0.4, 0.5) is 13.2 Å². The number of hydrogen-bond donors (Lipinski definition) is 1. The van der Waals surface area contributed by atoms with Gasteiger partial charge in [-0.2, -0.15) is 13.2 Å². The van der Waals surface area contributed by atoms with E-state index in [0.717, 1.165) is 24.3 Å². The Morgan fingerprint density at radius 1 is 0.915 bits per heavy atom. The molecule has 0 aliphatic carbocycles. The molecule has 4 aromatic rings. The largest absolute Gasteiger partial charge is 0.497 e. The fourth-order valence-electron chi connectivity index (χ4n) is 5.22. The number of rotatable bonds is 7. The van der Waals surface area contributed by atoms with Gasteiger partial charge >= 0.3 is 18.1 Å². The summed E-state index contributed by atoms with van der Waals surface area (Å²) in [5, 5.41) is 11.0. The predicted molar refractivity (Wildman–Crippen MR) is 166 cm³/mol. The number of aliphatic hydroxyl groups excluding tert-OH is 1. The van der Waals surface area contributed by atoms with Crippen molar-refractivity contribution in [3.63, 3.8) is 0 Å². The zero-order valence-electron chi connectivity index (χ0n) is 26.4. The second kappa shape index (κ2) is 13.0. The van der Waals surface area contributed by atoms with Crippen LogP contribution in [-0.2, 0) is 17.5 Å². The van der Waals surface area contributed by atoms with E-state index >= 15 is 0 Å². The minimum atomic E-state index is -4.58. The molecule has 8 nitrogen and oxygen atoms in total. The van der Waals surface area contributed by atoms with Crippen LogP contribution in [0.15, 0.2) is 72.8 Å². The first-order valence-corrected chi connectivity index (χ1v) is 14.6. The number of methoxy groups -OCH3 is 2. The predicted octanol–water partition coefficient (Wildman–Crippen LogP) is 8.54. The lowest BCUT2D eigenvalue weighted by atomic mass is 9.86. The van der Waals surface area contributed by atoms with Crippen LogP contribution in [0.5, 0.6) is 28.7 Å². The topological polar surface area (TPSA) is 101 Å². The molecule has 5 rings (SSSR count). The van der Waals surface area contributed by atoms with E-state index in [-0.39, 0.29) is 46.1 Å².